The van der Waals surface area contributed by atoms with Gasteiger partial charge in [0.2, 0.25) is 10.0 Å². The maximum atomic E-state index is 13.4. The molecule has 1 amide bonds. The van der Waals surface area contributed by atoms with E-state index in [1.807, 2.05) is 48.5 Å². The quantitative estimate of drug-likeness (QED) is 0.547. The largest absolute Gasteiger partial charge is 0.497 e. The molecule has 7 nitrogen and oxygen atoms in total. The van der Waals surface area contributed by atoms with Gasteiger partial charge in [0.05, 0.1) is 12.0 Å². The Labute approximate surface area is 206 Å². The summed E-state index contributed by atoms with van der Waals surface area (Å²) in [7, 11) is -2.05. The van der Waals surface area contributed by atoms with Crippen LogP contribution in [-0.2, 0) is 23.0 Å². The summed E-state index contributed by atoms with van der Waals surface area (Å²) in [5.74, 6) is 0.660. The van der Waals surface area contributed by atoms with Gasteiger partial charge in [-0.2, -0.15) is 4.31 Å². The van der Waals surface area contributed by atoms with E-state index in [0.29, 0.717) is 51.3 Å². The van der Waals surface area contributed by atoms with Crippen LogP contribution in [0.25, 0.3) is 0 Å². The maximum Gasteiger partial charge on any atom is 0.254 e. The highest BCUT2D eigenvalue weighted by molar-refractivity contribution is 7.89. The van der Waals surface area contributed by atoms with Crippen LogP contribution < -0.4 is 9.64 Å². The van der Waals surface area contributed by atoms with Crippen molar-refractivity contribution < 1.29 is 17.9 Å². The Morgan fingerprint density at radius 1 is 0.829 bits per heavy atom. The normalized spacial score (nSPS) is 16.6. The van der Waals surface area contributed by atoms with Crippen molar-refractivity contribution in [3.8, 4) is 5.75 Å². The van der Waals surface area contributed by atoms with Crippen molar-refractivity contribution in [2.75, 3.05) is 44.7 Å². The fourth-order valence-corrected chi connectivity index (χ4v) is 6.24. The first-order valence-corrected chi connectivity index (χ1v) is 13.2. The highest BCUT2D eigenvalue weighted by atomic mass is 32.2. The number of hydrogen-bond donors (Lipinski definition) is 0. The minimum absolute atomic E-state index is 0.142. The summed E-state index contributed by atoms with van der Waals surface area (Å²) in [4.78, 5) is 17.4. The highest BCUT2D eigenvalue weighted by Crippen LogP contribution is 2.26. The number of anilines is 1. The molecular formula is C27H29N3O4S. The Bertz CT molecular complexity index is 1330. The zero-order valence-electron chi connectivity index (χ0n) is 19.8. The van der Waals surface area contributed by atoms with E-state index in [2.05, 4.69) is 4.90 Å². The molecule has 2 aliphatic rings. The molecule has 0 atom stereocenters. The summed E-state index contributed by atoms with van der Waals surface area (Å²) in [6.45, 7) is 3.31. The number of carbonyl (C=O) groups is 1. The van der Waals surface area contributed by atoms with Crippen LogP contribution >= 0.6 is 0 Å². The number of hydrogen-bond acceptors (Lipinski definition) is 5. The van der Waals surface area contributed by atoms with Gasteiger partial charge in [0.25, 0.3) is 5.91 Å². The van der Waals surface area contributed by atoms with Crippen LogP contribution in [0.2, 0.25) is 0 Å². The molecule has 35 heavy (non-hydrogen) atoms. The second-order valence-corrected chi connectivity index (χ2v) is 10.8. The van der Waals surface area contributed by atoms with Gasteiger partial charge >= 0.3 is 0 Å². The summed E-state index contributed by atoms with van der Waals surface area (Å²) in [5.41, 5.74) is 3.69. The van der Waals surface area contributed by atoms with Gasteiger partial charge < -0.3 is 14.5 Å². The van der Waals surface area contributed by atoms with Gasteiger partial charge in [-0.05, 0) is 47.9 Å². The zero-order chi connectivity index (χ0) is 24.4. The molecule has 0 bridgehead atoms. The number of carbonyl (C=O) groups excluding carboxylic acids is 1. The Hall–Kier alpha value is -3.36. The summed E-state index contributed by atoms with van der Waals surface area (Å²) in [6, 6.07) is 22.3. The molecule has 8 heteroatoms. The number of amides is 1. The maximum absolute atomic E-state index is 13.4. The number of sulfonamides is 1. The molecule has 0 aromatic heterocycles. The third kappa shape index (κ3) is 4.76. The molecule has 1 saturated heterocycles. The Morgan fingerprint density at radius 2 is 1.57 bits per heavy atom. The summed E-state index contributed by atoms with van der Waals surface area (Å²) < 4.78 is 33.6. The molecule has 0 N–H and O–H groups in total. The smallest absolute Gasteiger partial charge is 0.254 e. The summed E-state index contributed by atoms with van der Waals surface area (Å²) >= 11 is 0. The fourth-order valence-electron chi connectivity index (χ4n) is 4.77. The standard InChI is InChI=1S/C27H29N3O4S/c1-34-25-10-5-9-24(19-25)28-14-16-29(17-15-28)27(31)22-8-4-11-26(18-22)35(32,33)30-13-12-21-6-2-3-7-23(21)20-30/h2-11,18-19H,12-17,20H2,1H3. The van der Waals surface area contributed by atoms with Gasteiger partial charge in [0, 0.05) is 56.6 Å². The predicted octanol–water partition coefficient (Wildman–Crippen LogP) is 3.40. The van der Waals surface area contributed by atoms with Gasteiger partial charge in [0.1, 0.15) is 5.75 Å². The van der Waals surface area contributed by atoms with Crippen LogP contribution in [0.4, 0.5) is 5.69 Å². The van der Waals surface area contributed by atoms with Crippen molar-refractivity contribution in [1.29, 1.82) is 0 Å². The molecule has 0 saturated carbocycles. The van der Waals surface area contributed by atoms with Crippen molar-refractivity contribution in [3.05, 3.63) is 89.5 Å². The van der Waals surface area contributed by atoms with Crippen LogP contribution in [0.1, 0.15) is 21.5 Å². The lowest BCUT2D eigenvalue weighted by Crippen LogP contribution is -2.48. The molecule has 5 rings (SSSR count). The van der Waals surface area contributed by atoms with Gasteiger partial charge in [-0.15, -0.1) is 0 Å². The minimum Gasteiger partial charge on any atom is -0.497 e. The molecule has 1 fully saturated rings. The predicted molar refractivity (Wildman–Crippen MR) is 135 cm³/mol. The molecule has 3 aromatic carbocycles. The number of methoxy groups -OCH3 is 1. The van der Waals surface area contributed by atoms with Crippen LogP contribution in [-0.4, -0.2) is 63.4 Å². The molecule has 0 radical (unpaired) electrons. The van der Waals surface area contributed by atoms with Gasteiger partial charge in [0.15, 0.2) is 0 Å². The van der Waals surface area contributed by atoms with Crippen molar-refractivity contribution in [2.45, 2.75) is 17.9 Å². The average molecular weight is 492 g/mol. The van der Waals surface area contributed by atoms with E-state index in [1.54, 1.807) is 30.2 Å². The van der Waals surface area contributed by atoms with E-state index in [4.69, 9.17) is 4.74 Å². The van der Waals surface area contributed by atoms with Crippen LogP contribution in [0.3, 0.4) is 0 Å². The fraction of sp³-hybridized carbons (Fsp3) is 0.296. The lowest BCUT2D eigenvalue weighted by Gasteiger charge is -2.36. The molecule has 0 aliphatic carbocycles. The third-order valence-electron chi connectivity index (χ3n) is 6.80. The highest BCUT2D eigenvalue weighted by Gasteiger charge is 2.29. The van der Waals surface area contributed by atoms with Gasteiger partial charge in [-0.1, -0.05) is 36.4 Å². The molecule has 2 heterocycles. The first-order valence-electron chi connectivity index (χ1n) is 11.8. The molecule has 0 spiro atoms. The van der Waals surface area contributed by atoms with Gasteiger partial charge in [-0.25, -0.2) is 8.42 Å². The summed E-state index contributed by atoms with van der Waals surface area (Å²) in [6.07, 6.45) is 0.686. The summed E-state index contributed by atoms with van der Waals surface area (Å²) in [5, 5.41) is 0. The third-order valence-corrected chi connectivity index (χ3v) is 8.64. The van der Waals surface area contributed by atoms with E-state index in [1.165, 1.54) is 15.9 Å². The minimum atomic E-state index is -3.70. The molecular weight excluding hydrogens is 462 g/mol. The number of nitrogens with zero attached hydrogens (tertiary/aromatic N) is 3. The average Bonchev–Trinajstić information content (AvgIpc) is 2.92. The Kier molecular flexibility index (Phi) is 6.49. The molecule has 2 aliphatic heterocycles. The van der Waals surface area contributed by atoms with Crippen molar-refractivity contribution in [3.63, 3.8) is 0 Å². The van der Waals surface area contributed by atoms with Crippen LogP contribution in [0.5, 0.6) is 5.75 Å². The zero-order valence-corrected chi connectivity index (χ0v) is 20.6. The van der Waals surface area contributed by atoms with E-state index < -0.39 is 10.0 Å². The lowest BCUT2D eigenvalue weighted by atomic mass is 10.0. The molecule has 182 valence electrons. The topological polar surface area (TPSA) is 70.2 Å². The second-order valence-electron chi connectivity index (χ2n) is 8.87. The molecule has 3 aromatic rings. The van der Waals surface area contributed by atoms with Crippen molar-refractivity contribution in [1.82, 2.24) is 9.21 Å². The van der Waals surface area contributed by atoms with E-state index in [9.17, 15) is 13.2 Å². The lowest BCUT2D eigenvalue weighted by molar-refractivity contribution is 0.0746. The SMILES string of the molecule is COc1cccc(N2CCN(C(=O)c3cccc(S(=O)(=O)N4CCc5ccccc5C4)c3)CC2)c1. The number of piperazine rings is 1. The van der Waals surface area contributed by atoms with E-state index in [0.717, 1.165) is 17.0 Å². The van der Waals surface area contributed by atoms with Crippen molar-refractivity contribution in [2.24, 2.45) is 0 Å². The first-order chi connectivity index (χ1) is 17.0. The van der Waals surface area contributed by atoms with E-state index in [-0.39, 0.29) is 10.8 Å². The number of fused-ring (bicyclic) bond motifs is 1. The van der Waals surface area contributed by atoms with Gasteiger partial charge in [-0.3, -0.25) is 4.79 Å². The Balaban J connectivity index is 1.28. The molecule has 0 unspecified atom stereocenters. The Morgan fingerprint density at radius 3 is 2.34 bits per heavy atom. The number of rotatable bonds is 5. The number of ether oxygens (including phenoxy) is 1. The van der Waals surface area contributed by atoms with Crippen molar-refractivity contribution >= 4 is 21.6 Å². The first kappa shape index (κ1) is 23.4. The monoisotopic (exact) mass is 491 g/mol. The van der Waals surface area contributed by atoms with E-state index >= 15 is 0 Å². The second kappa shape index (κ2) is 9.71. The number of benzene rings is 3. The van der Waals surface area contributed by atoms with Crippen LogP contribution in [0.15, 0.2) is 77.7 Å². The van der Waals surface area contributed by atoms with Crippen LogP contribution in [0, 0.1) is 0 Å².